The van der Waals surface area contributed by atoms with Crippen LogP contribution in [0.3, 0.4) is 0 Å². The minimum atomic E-state index is -0.225. The highest BCUT2D eigenvalue weighted by Gasteiger charge is 2.24. The molecule has 0 aliphatic carbocycles. The van der Waals surface area contributed by atoms with Crippen LogP contribution in [0.1, 0.15) is 24.0 Å². The number of carbonyl (C=O) groups excluding carboxylic acids is 2. The molecule has 2 amide bonds. The molecule has 148 valence electrons. The highest BCUT2D eigenvalue weighted by atomic mass is 16.5. The zero-order valence-corrected chi connectivity index (χ0v) is 16.2. The smallest absolute Gasteiger partial charge is 0.258 e. The third-order valence-electron chi connectivity index (χ3n) is 4.97. The van der Waals surface area contributed by atoms with Crippen molar-refractivity contribution in [2.75, 3.05) is 24.6 Å². The molecule has 28 heavy (non-hydrogen) atoms. The molecule has 1 fully saturated rings. The zero-order chi connectivity index (χ0) is 19.9. The number of piperidine rings is 1. The third-order valence-corrected chi connectivity index (χ3v) is 4.97. The lowest BCUT2D eigenvalue weighted by Crippen LogP contribution is -2.41. The molecule has 1 heterocycles. The topological polar surface area (TPSA) is 84.7 Å². The van der Waals surface area contributed by atoms with E-state index in [1.807, 2.05) is 55.5 Å². The molecule has 1 atom stereocenters. The molecular formula is C22H27N3O3. The molecule has 1 aliphatic heterocycles. The van der Waals surface area contributed by atoms with Crippen molar-refractivity contribution in [2.24, 2.45) is 11.7 Å². The maximum Gasteiger partial charge on any atom is 0.258 e. The molecule has 0 unspecified atom stereocenters. The van der Waals surface area contributed by atoms with E-state index >= 15 is 0 Å². The van der Waals surface area contributed by atoms with E-state index in [-0.39, 0.29) is 24.3 Å². The lowest BCUT2D eigenvalue weighted by Gasteiger charge is -2.33. The summed E-state index contributed by atoms with van der Waals surface area (Å²) in [5, 5.41) is 2.87. The Morgan fingerprint density at radius 2 is 2.00 bits per heavy atom. The number of primary amides is 1. The van der Waals surface area contributed by atoms with E-state index in [1.54, 1.807) is 0 Å². The van der Waals surface area contributed by atoms with Crippen molar-refractivity contribution in [3.63, 3.8) is 0 Å². The number of aryl methyl sites for hydroxylation is 1. The highest BCUT2D eigenvalue weighted by Crippen LogP contribution is 2.23. The number of amides is 2. The number of rotatable bonds is 7. The SMILES string of the molecule is Cc1cccc(OCC(=O)NCc2ccc(N3CCC[C@H](C(N)=O)C3)cc2)c1. The zero-order valence-electron chi connectivity index (χ0n) is 16.2. The van der Waals surface area contributed by atoms with Gasteiger partial charge in [0.05, 0.1) is 5.92 Å². The van der Waals surface area contributed by atoms with E-state index in [0.29, 0.717) is 18.8 Å². The number of anilines is 1. The monoisotopic (exact) mass is 381 g/mol. The van der Waals surface area contributed by atoms with Gasteiger partial charge in [-0.25, -0.2) is 0 Å². The molecule has 1 saturated heterocycles. The predicted octanol–water partition coefficient (Wildman–Crippen LogP) is 2.39. The molecule has 0 spiro atoms. The van der Waals surface area contributed by atoms with Gasteiger partial charge in [-0.2, -0.15) is 0 Å². The second-order valence-electron chi connectivity index (χ2n) is 7.24. The Morgan fingerprint density at radius 1 is 1.21 bits per heavy atom. The fraction of sp³-hybridized carbons (Fsp3) is 0.364. The first-order valence-corrected chi connectivity index (χ1v) is 9.60. The first-order chi connectivity index (χ1) is 13.5. The van der Waals surface area contributed by atoms with Crippen LogP contribution in [-0.4, -0.2) is 31.5 Å². The van der Waals surface area contributed by atoms with Crippen LogP contribution in [0.15, 0.2) is 48.5 Å². The van der Waals surface area contributed by atoms with Crippen molar-refractivity contribution in [3.8, 4) is 5.75 Å². The number of ether oxygens (including phenoxy) is 1. The minimum Gasteiger partial charge on any atom is -0.484 e. The van der Waals surface area contributed by atoms with E-state index in [9.17, 15) is 9.59 Å². The summed E-state index contributed by atoms with van der Waals surface area (Å²) in [5.74, 6) is 0.222. The van der Waals surface area contributed by atoms with Crippen LogP contribution in [0.25, 0.3) is 0 Å². The molecular weight excluding hydrogens is 354 g/mol. The fourth-order valence-corrected chi connectivity index (χ4v) is 3.37. The fourth-order valence-electron chi connectivity index (χ4n) is 3.37. The van der Waals surface area contributed by atoms with Crippen LogP contribution in [-0.2, 0) is 16.1 Å². The lowest BCUT2D eigenvalue weighted by atomic mass is 9.97. The van der Waals surface area contributed by atoms with Crippen molar-refractivity contribution in [2.45, 2.75) is 26.3 Å². The van der Waals surface area contributed by atoms with Crippen LogP contribution in [0.5, 0.6) is 5.75 Å². The van der Waals surface area contributed by atoms with Crippen LogP contribution >= 0.6 is 0 Å². The number of hydrogen-bond donors (Lipinski definition) is 2. The number of nitrogens with zero attached hydrogens (tertiary/aromatic N) is 1. The van der Waals surface area contributed by atoms with Gasteiger partial charge in [0.1, 0.15) is 5.75 Å². The molecule has 2 aromatic rings. The third kappa shape index (κ3) is 5.49. The largest absolute Gasteiger partial charge is 0.484 e. The Labute approximate surface area is 165 Å². The molecule has 3 rings (SSSR count). The van der Waals surface area contributed by atoms with Crippen molar-refractivity contribution in [1.29, 1.82) is 0 Å². The van der Waals surface area contributed by atoms with E-state index in [0.717, 1.165) is 36.2 Å². The van der Waals surface area contributed by atoms with Gasteiger partial charge in [0, 0.05) is 25.3 Å². The Kier molecular flexibility index (Phi) is 6.53. The summed E-state index contributed by atoms with van der Waals surface area (Å²) < 4.78 is 5.51. The summed E-state index contributed by atoms with van der Waals surface area (Å²) in [7, 11) is 0. The predicted molar refractivity (Wildman–Crippen MR) is 109 cm³/mol. The molecule has 0 radical (unpaired) electrons. The van der Waals surface area contributed by atoms with Crippen LogP contribution in [0.4, 0.5) is 5.69 Å². The molecule has 0 saturated carbocycles. The van der Waals surface area contributed by atoms with Crippen LogP contribution < -0.4 is 20.7 Å². The lowest BCUT2D eigenvalue weighted by molar-refractivity contribution is -0.123. The highest BCUT2D eigenvalue weighted by molar-refractivity contribution is 5.78. The van der Waals surface area contributed by atoms with Crippen molar-refractivity contribution in [3.05, 3.63) is 59.7 Å². The summed E-state index contributed by atoms with van der Waals surface area (Å²) in [4.78, 5) is 25.6. The Morgan fingerprint density at radius 3 is 2.71 bits per heavy atom. The van der Waals surface area contributed by atoms with Gasteiger partial charge in [-0.3, -0.25) is 9.59 Å². The Bertz CT molecular complexity index is 820. The average Bonchev–Trinajstić information content (AvgIpc) is 2.71. The van der Waals surface area contributed by atoms with Crippen molar-refractivity contribution < 1.29 is 14.3 Å². The molecule has 0 bridgehead atoms. The number of benzene rings is 2. The van der Waals surface area contributed by atoms with Gasteiger partial charge in [0.25, 0.3) is 5.91 Å². The molecule has 1 aliphatic rings. The van der Waals surface area contributed by atoms with Crippen molar-refractivity contribution >= 4 is 17.5 Å². The molecule has 0 aromatic heterocycles. The van der Waals surface area contributed by atoms with Crippen LogP contribution in [0.2, 0.25) is 0 Å². The van der Waals surface area contributed by atoms with E-state index in [1.165, 1.54) is 0 Å². The molecule has 6 nitrogen and oxygen atoms in total. The first kappa shape index (κ1) is 19.7. The van der Waals surface area contributed by atoms with Gasteiger partial charge in [-0.15, -0.1) is 0 Å². The van der Waals surface area contributed by atoms with E-state index in [2.05, 4.69) is 10.2 Å². The first-order valence-electron chi connectivity index (χ1n) is 9.60. The summed E-state index contributed by atoms with van der Waals surface area (Å²) in [6, 6.07) is 15.6. The van der Waals surface area contributed by atoms with Gasteiger partial charge >= 0.3 is 0 Å². The average molecular weight is 381 g/mol. The molecule has 3 N–H and O–H groups in total. The van der Waals surface area contributed by atoms with Crippen LogP contribution in [0, 0.1) is 12.8 Å². The summed E-state index contributed by atoms with van der Waals surface area (Å²) in [6.07, 6.45) is 1.83. The molecule has 2 aromatic carbocycles. The van der Waals surface area contributed by atoms with Gasteiger partial charge in [0.15, 0.2) is 6.61 Å². The summed E-state index contributed by atoms with van der Waals surface area (Å²) in [5.41, 5.74) is 8.63. The quantitative estimate of drug-likeness (QED) is 0.771. The molecule has 6 heteroatoms. The van der Waals surface area contributed by atoms with Crippen molar-refractivity contribution in [1.82, 2.24) is 5.32 Å². The standard InChI is InChI=1S/C22H27N3O3/c1-16-4-2-6-20(12-16)28-15-21(26)24-13-17-7-9-19(10-8-17)25-11-3-5-18(14-25)22(23)27/h2,4,6-10,12,18H,3,5,11,13-15H2,1H3,(H2,23,27)(H,24,26)/t18-/m0/s1. The second-order valence-corrected chi connectivity index (χ2v) is 7.24. The Hall–Kier alpha value is -3.02. The summed E-state index contributed by atoms with van der Waals surface area (Å²) in [6.45, 7) is 4.01. The van der Waals surface area contributed by atoms with Gasteiger partial charge < -0.3 is 20.7 Å². The number of nitrogens with two attached hydrogens (primary N) is 1. The van der Waals surface area contributed by atoms with E-state index in [4.69, 9.17) is 10.5 Å². The Balaban J connectivity index is 1.46. The number of nitrogens with one attached hydrogen (secondary N) is 1. The van der Waals surface area contributed by atoms with E-state index < -0.39 is 0 Å². The maximum absolute atomic E-state index is 12.0. The van der Waals surface area contributed by atoms with Gasteiger partial charge in [0.2, 0.25) is 5.91 Å². The number of hydrogen-bond acceptors (Lipinski definition) is 4. The van der Waals surface area contributed by atoms with Gasteiger partial charge in [-0.1, -0.05) is 24.3 Å². The minimum absolute atomic E-state index is 0.0101. The number of carbonyl (C=O) groups is 2. The normalized spacial score (nSPS) is 16.5. The second kappa shape index (κ2) is 9.26. The van der Waals surface area contributed by atoms with Gasteiger partial charge in [-0.05, 0) is 55.2 Å². The maximum atomic E-state index is 12.0. The summed E-state index contributed by atoms with van der Waals surface area (Å²) >= 11 is 0.